The molecule has 1 atom stereocenters. The van der Waals surface area contributed by atoms with E-state index < -0.39 is 17.7 Å². The van der Waals surface area contributed by atoms with Crippen LogP contribution >= 0.6 is 0 Å². The lowest BCUT2D eigenvalue weighted by molar-refractivity contribution is -0.124. The fourth-order valence-corrected chi connectivity index (χ4v) is 5.23. The number of piperidine rings is 1. The largest absolute Gasteiger partial charge is 0.478 e. The maximum atomic E-state index is 13.6. The van der Waals surface area contributed by atoms with Gasteiger partial charge in [0.25, 0.3) is 0 Å². The highest BCUT2D eigenvalue weighted by Crippen LogP contribution is 2.29. The zero-order valence-electron chi connectivity index (χ0n) is 21.9. The van der Waals surface area contributed by atoms with Crippen molar-refractivity contribution in [1.82, 2.24) is 15.1 Å². The summed E-state index contributed by atoms with van der Waals surface area (Å²) >= 11 is 0. The zero-order chi connectivity index (χ0) is 25.8. The number of carbonyl (C=O) groups is 2. The maximum Gasteiger partial charge on any atom is 0.434 e. The van der Waals surface area contributed by atoms with Crippen molar-refractivity contribution in [2.24, 2.45) is 15.9 Å². The van der Waals surface area contributed by atoms with Gasteiger partial charge in [0.05, 0.1) is 32.1 Å². The van der Waals surface area contributed by atoms with Crippen LogP contribution < -0.4 is 5.32 Å². The van der Waals surface area contributed by atoms with Crippen molar-refractivity contribution in [3.8, 4) is 6.07 Å². The number of carbonyl (C=O) groups excluding carboxylic acids is 2. The van der Waals surface area contributed by atoms with E-state index in [1.54, 1.807) is 6.92 Å². The summed E-state index contributed by atoms with van der Waals surface area (Å²) in [5, 5.41) is 13.1. The SMILES string of the molecule is CCCN1CCC(C#N)(NC(=O)C(CC2CCCCC2)N=C2CN(C=NC(=O)OCC)CCO2)CC1. The van der Waals surface area contributed by atoms with Gasteiger partial charge in [-0.05, 0) is 45.1 Å². The van der Waals surface area contributed by atoms with Crippen molar-refractivity contribution in [2.45, 2.75) is 83.2 Å². The molecule has 1 unspecified atom stereocenters. The van der Waals surface area contributed by atoms with Crippen molar-refractivity contribution in [2.75, 3.05) is 45.9 Å². The second kappa shape index (κ2) is 14.2. The molecule has 0 spiro atoms. The Labute approximate surface area is 215 Å². The van der Waals surface area contributed by atoms with Crippen LogP contribution in [0, 0.1) is 17.2 Å². The predicted octanol–water partition coefficient (Wildman–Crippen LogP) is 3.13. The summed E-state index contributed by atoms with van der Waals surface area (Å²) in [5.74, 6) is 0.698. The highest BCUT2D eigenvalue weighted by Gasteiger charge is 2.38. The molecule has 0 aromatic rings. The Bertz CT molecular complexity index is 825. The molecule has 0 aromatic carbocycles. The molecular formula is C26H42N6O4. The zero-order valence-corrected chi connectivity index (χ0v) is 21.9. The van der Waals surface area contributed by atoms with Crippen LogP contribution in [0.3, 0.4) is 0 Å². The Morgan fingerprint density at radius 1 is 1.25 bits per heavy atom. The number of hydrogen-bond acceptors (Lipinski definition) is 7. The van der Waals surface area contributed by atoms with Crippen LogP contribution in [-0.4, -0.2) is 91.6 Å². The Morgan fingerprint density at radius 3 is 2.67 bits per heavy atom. The molecule has 2 heterocycles. The molecule has 0 radical (unpaired) electrons. The summed E-state index contributed by atoms with van der Waals surface area (Å²) in [6, 6.07) is 1.80. The molecule has 2 saturated heterocycles. The Morgan fingerprint density at radius 2 is 2.00 bits per heavy atom. The lowest BCUT2D eigenvalue weighted by Gasteiger charge is -2.38. The first kappa shape index (κ1) is 27.9. The van der Waals surface area contributed by atoms with Gasteiger partial charge in [0.15, 0.2) is 0 Å². The molecule has 0 aromatic heterocycles. The van der Waals surface area contributed by atoms with E-state index in [0.29, 0.717) is 50.8 Å². The van der Waals surface area contributed by atoms with Gasteiger partial charge >= 0.3 is 6.09 Å². The van der Waals surface area contributed by atoms with E-state index in [0.717, 1.165) is 38.9 Å². The van der Waals surface area contributed by atoms with Crippen molar-refractivity contribution in [1.29, 1.82) is 5.26 Å². The number of ether oxygens (including phenoxy) is 2. The second-order valence-corrected chi connectivity index (χ2v) is 10.1. The molecule has 3 rings (SSSR count). The van der Waals surface area contributed by atoms with Gasteiger partial charge in [0, 0.05) is 13.1 Å². The number of likely N-dealkylation sites (tertiary alicyclic amines) is 1. The van der Waals surface area contributed by atoms with Gasteiger partial charge in [-0.2, -0.15) is 10.3 Å². The van der Waals surface area contributed by atoms with Gasteiger partial charge in [-0.3, -0.25) is 4.79 Å². The standard InChI is InChI=1S/C26H42N6O4/c1-3-12-31-13-10-26(19-27,11-14-31)30-24(33)22(17-21-8-6-5-7-9-21)29-23-18-32(15-16-36-23)20-28-25(34)35-4-2/h20-22H,3-18H2,1-2H3,(H,30,33). The molecule has 3 fully saturated rings. The molecule has 0 bridgehead atoms. The Kier molecular flexibility index (Phi) is 11.0. The van der Waals surface area contributed by atoms with Crippen LogP contribution in [0.4, 0.5) is 4.79 Å². The van der Waals surface area contributed by atoms with Crippen LogP contribution in [-0.2, 0) is 14.3 Å². The first-order valence-electron chi connectivity index (χ1n) is 13.6. The molecule has 2 aliphatic heterocycles. The number of rotatable bonds is 9. The Balaban J connectivity index is 1.70. The number of amides is 2. The van der Waals surface area contributed by atoms with E-state index in [4.69, 9.17) is 14.5 Å². The molecule has 2 amide bonds. The fourth-order valence-electron chi connectivity index (χ4n) is 5.23. The second-order valence-electron chi connectivity index (χ2n) is 10.1. The van der Waals surface area contributed by atoms with Gasteiger partial charge in [-0.15, -0.1) is 0 Å². The maximum absolute atomic E-state index is 13.6. The van der Waals surface area contributed by atoms with E-state index in [1.807, 2.05) is 4.90 Å². The van der Waals surface area contributed by atoms with E-state index in [-0.39, 0.29) is 12.5 Å². The summed E-state index contributed by atoms with van der Waals surface area (Å²) < 4.78 is 10.6. The molecular weight excluding hydrogens is 460 g/mol. The van der Waals surface area contributed by atoms with Gasteiger partial charge in [-0.1, -0.05) is 39.0 Å². The molecule has 1 aliphatic carbocycles. The lowest BCUT2D eigenvalue weighted by atomic mass is 9.84. The predicted molar refractivity (Wildman–Crippen MR) is 138 cm³/mol. The summed E-state index contributed by atoms with van der Waals surface area (Å²) in [4.78, 5) is 37.9. The highest BCUT2D eigenvalue weighted by atomic mass is 16.5. The average Bonchev–Trinajstić information content (AvgIpc) is 2.89. The average molecular weight is 503 g/mol. The number of nitriles is 1. The smallest absolute Gasteiger partial charge is 0.434 e. The van der Waals surface area contributed by atoms with Crippen LogP contribution in [0.15, 0.2) is 9.98 Å². The molecule has 3 aliphatic rings. The van der Waals surface area contributed by atoms with Crippen molar-refractivity contribution in [3.63, 3.8) is 0 Å². The molecule has 1 saturated carbocycles. The molecule has 36 heavy (non-hydrogen) atoms. The minimum absolute atomic E-state index is 0.195. The number of nitrogens with one attached hydrogen (secondary N) is 1. The van der Waals surface area contributed by atoms with Crippen LogP contribution in [0.1, 0.15) is 71.6 Å². The fraction of sp³-hybridized carbons (Fsp3) is 0.808. The van der Waals surface area contributed by atoms with Crippen molar-refractivity contribution in [3.05, 3.63) is 0 Å². The topological polar surface area (TPSA) is 120 Å². The minimum atomic E-state index is -0.849. The van der Waals surface area contributed by atoms with E-state index in [1.165, 1.54) is 25.6 Å². The van der Waals surface area contributed by atoms with Crippen LogP contribution in [0.5, 0.6) is 0 Å². The van der Waals surface area contributed by atoms with Gasteiger partial charge in [-0.25, -0.2) is 9.79 Å². The van der Waals surface area contributed by atoms with Gasteiger partial charge in [0.2, 0.25) is 11.8 Å². The van der Waals surface area contributed by atoms with Gasteiger partial charge in [0.1, 0.15) is 18.2 Å². The molecule has 1 N–H and O–H groups in total. The first-order chi connectivity index (χ1) is 17.5. The summed E-state index contributed by atoms with van der Waals surface area (Å²) in [5.41, 5.74) is -0.849. The summed E-state index contributed by atoms with van der Waals surface area (Å²) in [7, 11) is 0. The van der Waals surface area contributed by atoms with E-state index >= 15 is 0 Å². The highest BCUT2D eigenvalue weighted by molar-refractivity contribution is 5.89. The van der Waals surface area contributed by atoms with Crippen molar-refractivity contribution < 1.29 is 19.1 Å². The van der Waals surface area contributed by atoms with Gasteiger partial charge < -0.3 is 24.6 Å². The number of hydrogen-bond donors (Lipinski definition) is 1. The number of aliphatic imine (C=N–C) groups is 2. The van der Waals surface area contributed by atoms with Crippen molar-refractivity contribution >= 4 is 24.2 Å². The number of nitrogens with zero attached hydrogens (tertiary/aromatic N) is 5. The lowest BCUT2D eigenvalue weighted by Crippen LogP contribution is -2.56. The van der Waals surface area contributed by atoms with E-state index in [9.17, 15) is 14.9 Å². The first-order valence-corrected chi connectivity index (χ1v) is 13.6. The molecule has 10 heteroatoms. The number of morpholine rings is 1. The third-order valence-corrected chi connectivity index (χ3v) is 7.29. The third-order valence-electron chi connectivity index (χ3n) is 7.29. The van der Waals surface area contributed by atoms with Crippen LogP contribution in [0.25, 0.3) is 0 Å². The summed E-state index contributed by atoms with van der Waals surface area (Å²) in [6.45, 7) is 8.06. The summed E-state index contributed by atoms with van der Waals surface area (Å²) in [6.07, 6.45) is 9.59. The Hall–Kier alpha value is -2.67. The molecule has 10 nitrogen and oxygen atoms in total. The third kappa shape index (κ3) is 8.47. The quantitative estimate of drug-likeness (QED) is 0.380. The normalized spacial score (nSPS) is 23.1. The monoisotopic (exact) mass is 502 g/mol. The van der Waals surface area contributed by atoms with Crippen LogP contribution in [0.2, 0.25) is 0 Å². The minimum Gasteiger partial charge on any atom is -0.478 e. The van der Waals surface area contributed by atoms with E-state index in [2.05, 4.69) is 28.2 Å². The molecule has 200 valence electrons.